The molecule has 0 saturated heterocycles. The molecule has 3 nitrogen and oxygen atoms in total. The average Bonchev–Trinajstić information content (AvgIpc) is 2.36. The van der Waals surface area contributed by atoms with E-state index in [0.717, 1.165) is 0 Å². The minimum Gasteiger partial charge on any atom is -0.466 e. The zero-order valence-corrected chi connectivity index (χ0v) is 10.2. The molecule has 0 saturated carbocycles. The van der Waals surface area contributed by atoms with Crippen molar-refractivity contribution in [3.63, 3.8) is 0 Å². The zero-order chi connectivity index (χ0) is 12.9. The lowest BCUT2D eigenvalue weighted by molar-refractivity contribution is -0.157. The van der Waals surface area contributed by atoms with Gasteiger partial charge in [0.1, 0.15) is 0 Å². The van der Waals surface area contributed by atoms with Gasteiger partial charge >= 0.3 is 5.97 Å². The molecule has 0 aromatic heterocycles. The van der Waals surface area contributed by atoms with E-state index in [9.17, 15) is 9.90 Å². The molecule has 1 N–H and O–H groups in total. The van der Waals surface area contributed by atoms with E-state index >= 15 is 0 Å². The Bertz CT molecular complexity index is 440. The molecule has 3 heteroatoms. The van der Waals surface area contributed by atoms with Gasteiger partial charge in [0.15, 0.2) is 0 Å². The van der Waals surface area contributed by atoms with Crippen molar-refractivity contribution in [2.75, 3.05) is 7.11 Å². The molecule has 0 radical (unpaired) electrons. The van der Waals surface area contributed by atoms with Crippen LogP contribution in [0.25, 0.3) is 0 Å². The number of methoxy groups -OCH3 is 1. The number of ether oxygens (including phenoxy) is 1. The van der Waals surface area contributed by atoms with Crippen LogP contribution in [-0.2, 0) is 15.1 Å². The van der Waals surface area contributed by atoms with Crippen LogP contribution in [0.4, 0.5) is 0 Å². The molecule has 0 aliphatic rings. The van der Waals surface area contributed by atoms with Crippen LogP contribution in [0.5, 0.6) is 0 Å². The fourth-order valence-electron chi connectivity index (χ4n) is 1.32. The summed E-state index contributed by atoms with van der Waals surface area (Å²) in [6, 6.07) is 8.57. The fraction of sp³-hybridized carbons (Fsp3) is 0.357. The molecule has 0 aliphatic heterocycles. The molecule has 0 spiro atoms. The molecule has 90 valence electrons. The highest BCUT2D eigenvalue weighted by Crippen LogP contribution is 2.21. The summed E-state index contributed by atoms with van der Waals surface area (Å²) >= 11 is 0. The summed E-state index contributed by atoms with van der Waals surface area (Å²) in [5.74, 6) is 4.69. The number of esters is 1. The molecule has 1 atom stereocenters. The first-order valence-corrected chi connectivity index (χ1v) is 5.39. The third-order valence-electron chi connectivity index (χ3n) is 2.21. The van der Waals surface area contributed by atoms with Gasteiger partial charge in [-0.25, -0.2) is 4.79 Å². The Morgan fingerprint density at radius 3 is 2.41 bits per heavy atom. The van der Waals surface area contributed by atoms with Crippen molar-refractivity contribution in [2.45, 2.75) is 19.4 Å². The fourth-order valence-corrected chi connectivity index (χ4v) is 1.32. The summed E-state index contributed by atoms with van der Waals surface area (Å²) in [5, 5.41) is 10.4. The van der Waals surface area contributed by atoms with E-state index < -0.39 is 11.6 Å². The van der Waals surface area contributed by atoms with Crippen LogP contribution in [0.2, 0.25) is 0 Å². The Hall–Kier alpha value is -1.79. The van der Waals surface area contributed by atoms with Gasteiger partial charge < -0.3 is 9.84 Å². The number of rotatable bonds is 2. The predicted octanol–water partition coefficient (Wildman–Crippen LogP) is 1.71. The third-order valence-corrected chi connectivity index (χ3v) is 2.21. The second kappa shape index (κ2) is 5.51. The number of benzene rings is 1. The molecule has 1 aromatic carbocycles. The molecule has 0 heterocycles. The number of carbonyl (C=O) groups excluding carboxylic acids is 1. The first kappa shape index (κ1) is 13.3. The van der Waals surface area contributed by atoms with Crippen molar-refractivity contribution in [1.82, 2.24) is 0 Å². The molecule has 1 unspecified atom stereocenters. The van der Waals surface area contributed by atoms with Crippen LogP contribution in [-0.4, -0.2) is 18.2 Å². The largest absolute Gasteiger partial charge is 0.466 e. The van der Waals surface area contributed by atoms with Crippen LogP contribution in [0, 0.1) is 17.8 Å². The Labute approximate surface area is 101 Å². The van der Waals surface area contributed by atoms with Crippen molar-refractivity contribution < 1.29 is 14.6 Å². The van der Waals surface area contributed by atoms with Crippen LogP contribution in [0.15, 0.2) is 30.3 Å². The maximum Gasteiger partial charge on any atom is 0.355 e. The van der Waals surface area contributed by atoms with Gasteiger partial charge in [-0.1, -0.05) is 56.0 Å². The molecule has 0 amide bonds. The van der Waals surface area contributed by atoms with Crippen LogP contribution in [0.1, 0.15) is 19.4 Å². The summed E-state index contributed by atoms with van der Waals surface area (Å²) in [4.78, 5) is 11.7. The maximum absolute atomic E-state index is 11.7. The van der Waals surface area contributed by atoms with Crippen LogP contribution < -0.4 is 0 Å². The van der Waals surface area contributed by atoms with E-state index in [1.807, 2.05) is 13.8 Å². The Morgan fingerprint density at radius 1 is 1.35 bits per heavy atom. The van der Waals surface area contributed by atoms with Gasteiger partial charge in [0.25, 0.3) is 0 Å². The monoisotopic (exact) mass is 232 g/mol. The molecule has 0 bridgehead atoms. The number of aliphatic hydroxyl groups is 1. The maximum atomic E-state index is 11.7. The second-order valence-electron chi connectivity index (χ2n) is 3.99. The normalized spacial score (nSPS) is 13.5. The van der Waals surface area contributed by atoms with E-state index in [-0.39, 0.29) is 5.92 Å². The minimum atomic E-state index is -1.89. The molecule has 0 aliphatic carbocycles. The van der Waals surface area contributed by atoms with Gasteiger partial charge in [0.05, 0.1) is 7.11 Å². The first-order valence-electron chi connectivity index (χ1n) is 5.39. The standard InChI is InChI=1S/C14H16O3/c1-11(2)9-10-14(16,13(15)17-3)12-7-5-4-6-8-12/h4-8,11,16H,1-3H3. The van der Waals surface area contributed by atoms with Gasteiger partial charge in [-0.3, -0.25) is 0 Å². The van der Waals surface area contributed by atoms with Gasteiger partial charge in [-0.05, 0) is 0 Å². The summed E-state index contributed by atoms with van der Waals surface area (Å²) in [6.07, 6.45) is 0. The molecule has 1 rings (SSSR count). The Morgan fingerprint density at radius 2 is 1.94 bits per heavy atom. The lowest BCUT2D eigenvalue weighted by Crippen LogP contribution is -2.35. The number of carbonyl (C=O) groups is 1. The SMILES string of the molecule is COC(=O)C(O)(C#CC(C)C)c1ccccc1. The van der Waals surface area contributed by atoms with Crippen molar-refractivity contribution in [3.8, 4) is 11.8 Å². The van der Waals surface area contributed by atoms with Gasteiger partial charge in [-0.2, -0.15) is 0 Å². The van der Waals surface area contributed by atoms with Crippen molar-refractivity contribution in [1.29, 1.82) is 0 Å². The minimum absolute atomic E-state index is 0.0647. The first-order chi connectivity index (χ1) is 8.00. The summed E-state index contributed by atoms with van der Waals surface area (Å²) in [7, 11) is 1.23. The van der Waals surface area contributed by atoms with Gasteiger partial charge in [0, 0.05) is 11.5 Å². The van der Waals surface area contributed by atoms with E-state index in [1.165, 1.54) is 7.11 Å². The lowest BCUT2D eigenvalue weighted by Gasteiger charge is -2.19. The Kier molecular flexibility index (Phi) is 4.30. The highest BCUT2D eigenvalue weighted by molar-refractivity contribution is 5.85. The summed E-state index contributed by atoms with van der Waals surface area (Å²) in [5.41, 5.74) is -1.47. The molecular formula is C14H16O3. The van der Waals surface area contributed by atoms with Crippen LogP contribution >= 0.6 is 0 Å². The second-order valence-corrected chi connectivity index (χ2v) is 3.99. The predicted molar refractivity (Wildman–Crippen MR) is 65.0 cm³/mol. The molecular weight excluding hydrogens is 216 g/mol. The van der Waals surface area contributed by atoms with Crippen molar-refractivity contribution >= 4 is 5.97 Å². The highest BCUT2D eigenvalue weighted by atomic mass is 16.5. The smallest absolute Gasteiger partial charge is 0.355 e. The highest BCUT2D eigenvalue weighted by Gasteiger charge is 2.37. The lowest BCUT2D eigenvalue weighted by atomic mass is 9.94. The third kappa shape index (κ3) is 3.08. The van der Waals surface area contributed by atoms with Crippen LogP contribution in [0.3, 0.4) is 0 Å². The van der Waals surface area contributed by atoms with Crippen molar-refractivity contribution in [2.24, 2.45) is 5.92 Å². The Balaban J connectivity index is 3.22. The molecule has 0 fully saturated rings. The average molecular weight is 232 g/mol. The van der Waals surface area contributed by atoms with Gasteiger partial charge in [-0.15, -0.1) is 0 Å². The molecule has 17 heavy (non-hydrogen) atoms. The van der Waals surface area contributed by atoms with Crippen molar-refractivity contribution in [3.05, 3.63) is 35.9 Å². The topological polar surface area (TPSA) is 46.5 Å². The summed E-state index contributed by atoms with van der Waals surface area (Å²) in [6.45, 7) is 3.77. The van der Waals surface area contributed by atoms with E-state index in [4.69, 9.17) is 0 Å². The zero-order valence-electron chi connectivity index (χ0n) is 10.2. The quantitative estimate of drug-likeness (QED) is 0.623. The summed E-state index contributed by atoms with van der Waals surface area (Å²) < 4.78 is 4.61. The molecule has 1 aromatic rings. The number of hydrogen-bond acceptors (Lipinski definition) is 3. The number of hydrogen-bond donors (Lipinski definition) is 1. The van der Waals surface area contributed by atoms with Gasteiger partial charge in [0.2, 0.25) is 5.60 Å². The van der Waals surface area contributed by atoms with E-state index in [0.29, 0.717) is 5.56 Å². The van der Waals surface area contributed by atoms with E-state index in [2.05, 4.69) is 16.6 Å². The van der Waals surface area contributed by atoms with E-state index in [1.54, 1.807) is 30.3 Å².